The van der Waals surface area contributed by atoms with Crippen molar-refractivity contribution in [2.45, 2.75) is 95.3 Å². The van der Waals surface area contributed by atoms with Crippen LogP contribution in [0.3, 0.4) is 0 Å². The summed E-state index contributed by atoms with van der Waals surface area (Å²) in [5.41, 5.74) is 21.2. The highest BCUT2D eigenvalue weighted by Crippen LogP contribution is 2.50. The van der Waals surface area contributed by atoms with Crippen LogP contribution in [-0.4, -0.2) is 0 Å². The molecular weight excluding hydrogens is 757 g/mol. The molecule has 0 radical (unpaired) electrons. The standard InChI is InChI=1S/C63H60/c1-63(2)61-34-18-17-33-59(61)60-36-35-52(44-62(60)63)50-31-20-32-51(37-50)56-39-55(49-24-10-5-3-4-9-21-46(29-19-30-49)45-22-11-6-12-23-45)42-58(43-56)57-40-53(47-25-13-7-14-26-47)38-54(41-57)48-27-15-8-16-28-48/h6-8,11-18,20,22-23,25-28,31-44,46,49H,3-5,9-10,19,21,24,29-30H2,1-2H3. The number of fused-ring (bicyclic) bond motifs is 3. The molecule has 0 aliphatic heterocycles. The van der Waals surface area contributed by atoms with Gasteiger partial charge in [0, 0.05) is 5.41 Å². The van der Waals surface area contributed by atoms with Gasteiger partial charge in [0.15, 0.2) is 0 Å². The Morgan fingerprint density at radius 3 is 1.33 bits per heavy atom. The zero-order valence-corrected chi connectivity index (χ0v) is 37.2. The molecule has 0 spiro atoms. The average molecular weight is 817 g/mol. The molecule has 0 N–H and O–H groups in total. The van der Waals surface area contributed by atoms with Gasteiger partial charge in [-0.2, -0.15) is 0 Å². The van der Waals surface area contributed by atoms with Gasteiger partial charge >= 0.3 is 0 Å². The lowest BCUT2D eigenvalue weighted by Gasteiger charge is -2.24. The molecule has 2 atom stereocenters. The molecule has 1 saturated carbocycles. The van der Waals surface area contributed by atoms with Crippen LogP contribution in [0.25, 0.3) is 66.8 Å². The third-order valence-electron chi connectivity index (χ3n) is 14.5. The van der Waals surface area contributed by atoms with Gasteiger partial charge in [0.1, 0.15) is 0 Å². The van der Waals surface area contributed by atoms with Crippen LogP contribution in [0.4, 0.5) is 0 Å². The van der Waals surface area contributed by atoms with E-state index in [2.05, 4.69) is 208 Å². The quantitative estimate of drug-likeness (QED) is 0.150. The summed E-state index contributed by atoms with van der Waals surface area (Å²) < 4.78 is 0. The van der Waals surface area contributed by atoms with Crippen LogP contribution in [-0.2, 0) is 5.41 Å². The normalized spacial score (nSPS) is 17.5. The second-order valence-electron chi connectivity index (χ2n) is 19.0. The van der Waals surface area contributed by atoms with Gasteiger partial charge in [0.25, 0.3) is 0 Å². The van der Waals surface area contributed by atoms with Crippen LogP contribution in [0.15, 0.2) is 194 Å². The van der Waals surface area contributed by atoms with E-state index in [1.807, 2.05) is 0 Å². The fraction of sp³-hybridized carbons (Fsp3) is 0.238. The summed E-state index contributed by atoms with van der Waals surface area (Å²) in [6.07, 6.45) is 12.9. The van der Waals surface area contributed by atoms with Gasteiger partial charge in [0.05, 0.1) is 0 Å². The van der Waals surface area contributed by atoms with E-state index < -0.39 is 0 Å². The van der Waals surface area contributed by atoms with Crippen LogP contribution in [0, 0.1) is 0 Å². The molecule has 8 aromatic rings. The molecule has 0 nitrogen and oxygen atoms in total. The van der Waals surface area contributed by atoms with Crippen LogP contribution < -0.4 is 0 Å². The summed E-state index contributed by atoms with van der Waals surface area (Å²) in [7, 11) is 0. The van der Waals surface area contributed by atoms with Crippen molar-refractivity contribution in [3.63, 3.8) is 0 Å². The molecule has 0 heterocycles. The number of hydrogen-bond donors (Lipinski definition) is 0. The SMILES string of the molecule is CC1(C)c2ccccc2-c2ccc(-c3cccc(-c4cc(-c5cc(-c6ccccc6)cc(-c6ccccc6)c5)cc(C5CCCCCCCC(c6ccccc6)CCC5)c4)c3)cc21. The molecule has 10 rings (SSSR count). The van der Waals surface area contributed by atoms with E-state index in [0.29, 0.717) is 11.8 Å². The van der Waals surface area contributed by atoms with Crippen molar-refractivity contribution in [1.29, 1.82) is 0 Å². The maximum Gasteiger partial charge on any atom is 0.0159 e. The van der Waals surface area contributed by atoms with Crippen molar-refractivity contribution in [2.75, 3.05) is 0 Å². The molecule has 0 saturated heterocycles. The van der Waals surface area contributed by atoms with E-state index in [1.165, 1.54) is 153 Å². The van der Waals surface area contributed by atoms with Gasteiger partial charge in [-0.05, 0) is 163 Å². The lowest BCUT2D eigenvalue weighted by molar-refractivity contribution is 0.441. The number of hydrogen-bond acceptors (Lipinski definition) is 0. The Morgan fingerprint density at radius 2 is 0.698 bits per heavy atom. The second-order valence-corrected chi connectivity index (χ2v) is 19.0. The van der Waals surface area contributed by atoms with E-state index in [9.17, 15) is 0 Å². The van der Waals surface area contributed by atoms with Gasteiger partial charge in [-0.1, -0.05) is 210 Å². The van der Waals surface area contributed by atoms with E-state index in [-0.39, 0.29) is 5.41 Å². The molecule has 63 heavy (non-hydrogen) atoms. The zero-order valence-electron chi connectivity index (χ0n) is 37.2. The summed E-state index contributed by atoms with van der Waals surface area (Å²) >= 11 is 0. The Kier molecular flexibility index (Phi) is 11.8. The minimum Gasteiger partial charge on any atom is -0.0622 e. The number of benzene rings is 8. The monoisotopic (exact) mass is 816 g/mol. The molecular formula is C63H60. The summed E-state index contributed by atoms with van der Waals surface area (Å²) in [5, 5.41) is 0. The van der Waals surface area contributed by atoms with Gasteiger partial charge < -0.3 is 0 Å². The Balaban J connectivity index is 1.08. The van der Waals surface area contributed by atoms with Gasteiger partial charge in [-0.15, -0.1) is 0 Å². The maximum atomic E-state index is 2.57. The topological polar surface area (TPSA) is 0 Å². The highest BCUT2D eigenvalue weighted by Gasteiger charge is 2.35. The lowest BCUT2D eigenvalue weighted by Crippen LogP contribution is -2.14. The van der Waals surface area contributed by atoms with Crippen molar-refractivity contribution < 1.29 is 0 Å². The predicted octanol–water partition coefficient (Wildman–Crippen LogP) is 18.1. The third-order valence-corrected chi connectivity index (χ3v) is 14.5. The number of rotatable bonds is 7. The first-order chi connectivity index (χ1) is 31.0. The molecule has 0 bridgehead atoms. The summed E-state index contributed by atoms with van der Waals surface area (Å²) in [5.74, 6) is 1.15. The van der Waals surface area contributed by atoms with Crippen molar-refractivity contribution in [2.24, 2.45) is 0 Å². The zero-order chi connectivity index (χ0) is 42.6. The highest BCUT2D eigenvalue weighted by atomic mass is 14.4. The Morgan fingerprint density at radius 1 is 0.286 bits per heavy atom. The molecule has 2 aliphatic rings. The van der Waals surface area contributed by atoms with Crippen LogP contribution >= 0.6 is 0 Å². The molecule has 2 aliphatic carbocycles. The van der Waals surface area contributed by atoms with Gasteiger partial charge in [-0.3, -0.25) is 0 Å². The van der Waals surface area contributed by atoms with E-state index >= 15 is 0 Å². The summed E-state index contributed by atoms with van der Waals surface area (Å²) in [6.45, 7) is 4.76. The van der Waals surface area contributed by atoms with Crippen molar-refractivity contribution in [3.05, 3.63) is 216 Å². The predicted molar refractivity (Wildman–Crippen MR) is 269 cm³/mol. The van der Waals surface area contributed by atoms with Crippen molar-refractivity contribution in [1.82, 2.24) is 0 Å². The average Bonchev–Trinajstić information content (AvgIpc) is 3.57. The molecule has 1 fully saturated rings. The minimum atomic E-state index is -0.0373. The van der Waals surface area contributed by atoms with Gasteiger partial charge in [0.2, 0.25) is 0 Å². The Labute approximate surface area is 376 Å². The largest absolute Gasteiger partial charge is 0.0622 e. The second kappa shape index (κ2) is 18.2. The Hall–Kier alpha value is -6.24. The fourth-order valence-corrected chi connectivity index (χ4v) is 11.0. The smallest absolute Gasteiger partial charge is 0.0159 e. The van der Waals surface area contributed by atoms with Crippen molar-refractivity contribution in [3.8, 4) is 66.8 Å². The lowest BCUT2D eigenvalue weighted by atomic mass is 9.81. The first-order valence-corrected chi connectivity index (χ1v) is 23.8. The molecule has 8 aromatic carbocycles. The molecule has 0 heteroatoms. The minimum absolute atomic E-state index is 0.0373. The van der Waals surface area contributed by atoms with Crippen molar-refractivity contribution >= 4 is 0 Å². The summed E-state index contributed by atoms with van der Waals surface area (Å²) in [6, 6.07) is 73.5. The maximum absolute atomic E-state index is 2.57. The molecule has 2 unspecified atom stereocenters. The van der Waals surface area contributed by atoms with Gasteiger partial charge in [-0.25, -0.2) is 0 Å². The van der Waals surface area contributed by atoms with Crippen LogP contribution in [0.2, 0.25) is 0 Å². The summed E-state index contributed by atoms with van der Waals surface area (Å²) in [4.78, 5) is 0. The molecule has 0 aromatic heterocycles. The third kappa shape index (κ3) is 8.74. The molecule has 0 amide bonds. The highest BCUT2D eigenvalue weighted by molar-refractivity contribution is 5.86. The van der Waals surface area contributed by atoms with E-state index in [1.54, 1.807) is 0 Å². The van der Waals surface area contributed by atoms with Crippen LogP contribution in [0.5, 0.6) is 0 Å². The first-order valence-electron chi connectivity index (χ1n) is 23.8. The molecule has 312 valence electrons. The Bertz CT molecular complexity index is 2750. The van der Waals surface area contributed by atoms with Crippen LogP contribution in [0.1, 0.15) is 112 Å². The fourth-order valence-electron chi connectivity index (χ4n) is 11.0. The first kappa shape index (κ1) is 40.8. The van der Waals surface area contributed by atoms with E-state index in [0.717, 1.165) is 0 Å². The van der Waals surface area contributed by atoms with E-state index in [4.69, 9.17) is 0 Å².